The molecule has 1 aliphatic heterocycles. The minimum atomic E-state index is -0.683. The van der Waals surface area contributed by atoms with Crippen molar-refractivity contribution in [2.45, 2.75) is 19.0 Å². The van der Waals surface area contributed by atoms with Gasteiger partial charge in [0.1, 0.15) is 0 Å². The molecule has 6 heteroatoms. The van der Waals surface area contributed by atoms with E-state index in [0.29, 0.717) is 13.1 Å². The summed E-state index contributed by atoms with van der Waals surface area (Å²) < 4.78 is 4.96. The highest BCUT2D eigenvalue weighted by molar-refractivity contribution is 7.10. The molecule has 1 unspecified atom stereocenters. The van der Waals surface area contributed by atoms with Gasteiger partial charge >= 0.3 is 12.0 Å². The second-order valence-electron chi connectivity index (χ2n) is 6.47. The Labute approximate surface area is 161 Å². The summed E-state index contributed by atoms with van der Waals surface area (Å²) in [6, 6.07) is 15.1. The van der Waals surface area contributed by atoms with E-state index < -0.39 is 12.0 Å². The Morgan fingerprint density at radius 1 is 1.19 bits per heavy atom. The molecule has 27 heavy (non-hydrogen) atoms. The average Bonchev–Trinajstić information content (AvgIpc) is 3.19. The highest BCUT2D eigenvalue weighted by Crippen LogP contribution is 2.34. The molecule has 138 valence electrons. The third-order valence-corrected chi connectivity index (χ3v) is 5.96. The number of carbonyl (C=O) groups excluding carboxylic acids is 2. The van der Waals surface area contributed by atoms with Crippen LogP contribution in [0, 0.1) is 0 Å². The standard InChI is InChI=1S/C21H20N2O3S/c1-26-20(24)19-17-10-12-27-18(17)9-11-23(19)21(25)22-13-15-7-4-6-14-5-2-3-8-16(14)15/h2-8,10,12,19H,9,11,13H2,1H3,(H,22,25). The molecular weight excluding hydrogens is 360 g/mol. The van der Waals surface area contributed by atoms with Gasteiger partial charge in [0.2, 0.25) is 0 Å². The monoisotopic (exact) mass is 380 g/mol. The third kappa shape index (κ3) is 3.28. The Hall–Kier alpha value is -2.86. The van der Waals surface area contributed by atoms with Crippen molar-refractivity contribution in [1.82, 2.24) is 10.2 Å². The zero-order valence-electron chi connectivity index (χ0n) is 15.0. The van der Waals surface area contributed by atoms with Crippen molar-refractivity contribution in [3.05, 3.63) is 69.9 Å². The van der Waals surface area contributed by atoms with E-state index in [1.54, 1.807) is 16.2 Å². The summed E-state index contributed by atoms with van der Waals surface area (Å²) in [4.78, 5) is 28.0. The van der Waals surface area contributed by atoms with E-state index in [1.165, 1.54) is 7.11 Å². The lowest BCUT2D eigenvalue weighted by atomic mass is 10.0. The number of methoxy groups -OCH3 is 1. The van der Waals surface area contributed by atoms with Crippen molar-refractivity contribution in [2.24, 2.45) is 0 Å². The van der Waals surface area contributed by atoms with Gasteiger partial charge in [0.05, 0.1) is 7.11 Å². The molecule has 2 heterocycles. The fraction of sp³-hybridized carbons (Fsp3) is 0.238. The van der Waals surface area contributed by atoms with Crippen LogP contribution >= 0.6 is 11.3 Å². The molecule has 1 aromatic heterocycles. The minimum absolute atomic E-state index is 0.254. The third-order valence-electron chi connectivity index (χ3n) is 4.96. The number of ether oxygens (including phenoxy) is 1. The minimum Gasteiger partial charge on any atom is -0.467 e. The first kappa shape index (κ1) is 17.5. The summed E-state index contributed by atoms with van der Waals surface area (Å²) in [5, 5.41) is 7.18. The largest absolute Gasteiger partial charge is 0.467 e. The van der Waals surface area contributed by atoms with E-state index in [-0.39, 0.29) is 6.03 Å². The van der Waals surface area contributed by atoms with E-state index >= 15 is 0 Å². The van der Waals surface area contributed by atoms with Gasteiger partial charge < -0.3 is 15.0 Å². The number of carbonyl (C=O) groups is 2. The van der Waals surface area contributed by atoms with Crippen LogP contribution in [0.1, 0.15) is 22.0 Å². The first-order chi connectivity index (χ1) is 13.2. The van der Waals surface area contributed by atoms with Crippen LogP contribution in [-0.4, -0.2) is 30.6 Å². The smallest absolute Gasteiger partial charge is 0.333 e. The Bertz CT molecular complexity index is 993. The van der Waals surface area contributed by atoms with Gasteiger partial charge in [-0.15, -0.1) is 11.3 Å². The SMILES string of the molecule is COC(=O)C1c2ccsc2CCN1C(=O)NCc1cccc2ccccc12. The predicted octanol–water partition coefficient (Wildman–Crippen LogP) is 3.88. The molecule has 0 saturated heterocycles. The Morgan fingerprint density at radius 3 is 2.85 bits per heavy atom. The van der Waals surface area contributed by atoms with Crippen LogP contribution in [0.4, 0.5) is 4.79 Å². The Balaban J connectivity index is 1.54. The van der Waals surface area contributed by atoms with Crippen molar-refractivity contribution in [1.29, 1.82) is 0 Å². The van der Waals surface area contributed by atoms with Gasteiger partial charge in [-0.25, -0.2) is 9.59 Å². The summed E-state index contributed by atoms with van der Waals surface area (Å²) >= 11 is 1.62. The molecule has 4 rings (SSSR count). The average molecular weight is 380 g/mol. The van der Waals surface area contributed by atoms with E-state index in [2.05, 4.69) is 17.4 Å². The lowest BCUT2D eigenvalue weighted by molar-refractivity contribution is -0.146. The van der Waals surface area contributed by atoms with Crippen molar-refractivity contribution in [3.63, 3.8) is 0 Å². The maximum Gasteiger partial charge on any atom is 0.333 e. The lowest BCUT2D eigenvalue weighted by Gasteiger charge is -2.34. The van der Waals surface area contributed by atoms with Crippen LogP contribution < -0.4 is 5.32 Å². The number of thiophene rings is 1. The van der Waals surface area contributed by atoms with E-state index in [4.69, 9.17) is 4.74 Å². The first-order valence-electron chi connectivity index (χ1n) is 8.84. The van der Waals surface area contributed by atoms with Gasteiger partial charge in [-0.3, -0.25) is 0 Å². The van der Waals surface area contributed by atoms with Crippen molar-refractivity contribution < 1.29 is 14.3 Å². The number of hydrogen-bond donors (Lipinski definition) is 1. The highest BCUT2D eigenvalue weighted by Gasteiger charge is 2.37. The lowest BCUT2D eigenvalue weighted by Crippen LogP contribution is -2.47. The van der Waals surface area contributed by atoms with E-state index in [1.807, 2.05) is 41.8 Å². The summed E-state index contributed by atoms with van der Waals surface area (Å²) in [7, 11) is 1.36. The molecule has 3 aromatic rings. The van der Waals surface area contributed by atoms with Crippen LogP contribution in [0.25, 0.3) is 10.8 Å². The van der Waals surface area contributed by atoms with Gasteiger partial charge in [0.15, 0.2) is 6.04 Å². The number of amides is 2. The van der Waals surface area contributed by atoms with E-state index in [0.717, 1.165) is 33.2 Å². The summed E-state index contributed by atoms with van der Waals surface area (Å²) in [6.45, 7) is 0.899. The van der Waals surface area contributed by atoms with Crippen LogP contribution in [0.15, 0.2) is 53.9 Å². The molecule has 1 N–H and O–H groups in total. The molecule has 0 spiro atoms. The molecule has 2 amide bonds. The number of nitrogens with one attached hydrogen (secondary N) is 1. The maximum absolute atomic E-state index is 12.9. The van der Waals surface area contributed by atoms with Crippen LogP contribution in [0.2, 0.25) is 0 Å². The molecule has 2 aromatic carbocycles. The highest BCUT2D eigenvalue weighted by atomic mass is 32.1. The molecule has 0 fully saturated rings. The molecule has 0 saturated carbocycles. The first-order valence-corrected chi connectivity index (χ1v) is 9.72. The fourth-order valence-electron chi connectivity index (χ4n) is 3.62. The molecule has 1 aliphatic rings. The summed E-state index contributed by atoms with van der Waals surface area (Å²) in [5.41, 5.74) is 1.92. The topological polar surface area (TPSA) is 58.6 Å². The second kappa shape index (κ2) is 7.40. The quantitative estimate of drug-likeness (QED) is 0.702. The van der Waals surface area contributed by atoms with Gasteiger partial charge in [0.25, 0.3) is 0 Å². The van der Waals surface area contributed by atoms with Crippen LogP contribution in [0.5, 0.6) is 0 Å². The maximum atomic E-state index is 12.9. The molecule has 1 atom stereocenters. The zero-order valence-corrected chi connectivity index (χ0v) is 15.8. The summed E-state index contributed by atoms with van der Waals surface area (Å²) in [6.07, 6.45) is 0.752. The Kier molecular flexibility index (Phi) is 4.81. The second-order valence-corrected chi connectivity index (χ2v) is 7.47. The number of esters is 1. The normalized spacial score (nSPS) is 16.0. The number of urea groups is 1. The molecule has 5 nitrogen and oxygen atoms in total. The molecule has 0 radical (unpaired) electrons. The van der Waals surface area contributed by atoms with Gasteiger partial charge in [-0.05, 0) is 39.8 Å². The molecular formula is C21H20N2O3S. The van der Waals surface area contributed by atoms with Crippen molar-refractivity contribution in [2.75, 3.05) is 13.7 Å². The Morgan fingerprint density at radius 2 is 2.00 bits per heavy atom. The number of hydrogen-bond acceptors (Lipinski definition) is 4. The van der Waals surface area contributed by atoms with Crippen LogP contribution in [0.3, 0.4) is 0 Å². The van der Waals surface area contributed by atoms with Gasteiger partial charge in [0, 0.05) is 18.0 Å². The van der Waals surface area contributed by atoms with Crippen LogP contribution in [-0.2, 0) is 22.5 Å². The molecule has 0 bridgehead atoms. The number of benzene rings is 2. The van der Waals surface area contributed by atoms with Gasteiger partial charge in [-0.2, -0.15) is 0 Å². The number of nitrogens with zero attached hydrogens (tertiary/aromatic N) is 1. The number of fused-ring (bicyclic) bond motifs is 2. The zero-order chi connectivity index (χ0) is 18.8. The predicted molar refractivity (Wildman–Crippen MR) is 106 cm³/mol. The fourth-order valence-corrected chi connectivity index (χ4v) is 4.52. The summed E-state index contributed by atoms with van der Waals surface area (Å²) in [5.74, 6) is -0.408. The molecule has 0 aliphatic carbocycles. The van der Waals surface area contributed by atoms with E-state index in [9.17, 15) is 9.59 Å². The van der Waals surface area contributed by atoms with Crippen molar-refractivity contribution >= 4 is 34.1 Å². The van der Waals surface area contributed by atoms with Gasteiger partial charge in [-0.1, -0.05) is 42.5 Å². The van der Waals surface area contributed by atoms with Crippen molar-refractivity contribution in [3.8, 4) is 0 Å². The number of rotatable bonds is 3.